The lowest BCUT2D eigenvalue weighted by atomic mass is 9.79. The van der Waals surface area contributed by atoms with Crippen LogP contribution in [-0.2, 0) is 16.0 Å². The van der Waals surface area contributed by atoms with Crippen molar-refractivity contribution in [2.45, 2.75) is 56.6 Å². The average Bonchev–Trinajstić information content (AvgIpc) is 2.65. The molecule has 1 heterocycles. The number of nitrogens with one attached hydrogen (secondary N) is 1. The van der Waals surface area contributed by atoms with E-state index in [1.165, 1.54) is 22.9 Å². The Kier molecular flexibility index (Phi) is 6.67. The van der Waals surface area contributed by atoms with Crippen molar-refractivity contribution in [1.82, 2.24) is 15.3 Å². The summed E-state index contributed by atoms with van der Waals surface area (Å²) in [7, 11) is 0. The number of nitrogens with zero attached hydrogens (tertiary/aromatic N) is 2. The average molecular weight is 400 g/mol. The van der Waals surface area contributed by atoms with Gasteiger partial charge in [0.25, 0.3) is 0 Å². The highest BCUT2D eigenvalue weighted by atomic mass is 32.2. The first-order valence-corrected chi connectivity index (χ1v) is 10.5. The number of aromatic nitrogens is 2. The third-order valence-corrected chi connectivity index (χ3v) is 5.79. The van der Waals surface area contributed by atoms with Crippen LogP contribution in [0.15, 0.2) is 35.5 Å². The molecule has 0 bridgehead atoms. The molecule has 0 saturated heterocycles. The van der Waals surface area contributed by atoms with E-state index < -0.39 is 12.0 Å². The van der Waals surface area contributed by atoms with Gasteiger partial charge in [0.15, 0.2) is 5.16 Å². The molecule has 3 rings (SSSR count). The Labute approximate surface area is 169 Å². The number of carboxylic acids is 1. The van der Waals surface area contributed by atoms with E-state index in [0.717, 1.165) is 30.7 Å². The fraction of sp³-hybridized carbons (Fsp3) is 0.429. The van der Waals surface area contributed by atoms with Gasteiger partial charge in [0.2, 0.25) is 5.91 Å². The van der Waals surface area contributed by atoms with Crippen LogP contribution in [0.4, 0.5) is 0 Å². The number of benzene rings is 1. The topological polar surface area (TPSA) is 92.2 Å². The smallest absolute Gasteiger partial charge is 0.326 e. The van der Waals surface area contributed by atoms with Gasteiger partial charge < -0.3 is 10.4 Å². The maximum Gasteiger partial charge on any atom is 0.326 e. The Balaban J connectivity index is 1.60. The Hall–Kier alpha value is -2.41. The summed E-state index contributed by atoms with van der Waals surface area (Å²) in [6.45, 7) is 3.75. The van der Waals surface area contributed by atoms with E-state index in [-0.39, 0.29) is 17.6 Å². The van der Waals surface area contributed by atoms with Gasteiger partial charge in [-0.15, -0.1) is 0 Å². The van der Waals surface area contributed by atoms with Gasteiger partial charge in [0.05, 0.1) is 5.75 Å². The molecule has 2 unspecified atom stereocenters. The van der Waals surface area contributed by atoms with Gasteiger partial charge in [0.1, 0.15) is 6.04 Å². The van der Waals surface area contributed by atoms with E-state index in [4.69, 9.17) is 0 Å². The van der Waals surface area contributed by atoms with E-state index in [2.05, 4.69) is 27.4 Å². The minimum absolute atomic E-state index is 0.0912. The molecule has 1 aromatic heterocycles. The largest absolute Gasteiger partial charge is 0.480 e. The molecule has 148 valence electrons. The number of rotatable bonds is 7. The summed E-state index contributed by atoms with van der Waals surface area (Å²) in [6, 6.07) is 9.16. The van der Waals surface area contributed by atoms with Crippen LogP contribution in [0.1, 0.15) is 47.7 Å². The monoisotopic (exact) mass is 399 g/mol. The SMILES string of the molecule is Cc1cc(C)nc(SCC(=O)NC(CC2CCCc3ccccc32)C(=O)O)n1. The molecule has 6 nitrogen and oxygen atoms in total. The lowest BCUT2D eigenvalue weighted by molar-refractivity contribution is -0.141. The third-order valence-electron chi connectivity index (χ3n) is 4.94. The van der Waals surface area contributed by atoms with Gasteiger partial charge in [-0.25, -0.2) is 14.8 Å². The molecule has 2 aromatic rings. The van der Waals surface area contributed by atoms with E-state index in [0.29, 0.717) is 11.6 Å². The van der Waals surface area contributed by atoms with Crippen molar-refractivity contribution in [2.75, 3.05) is 5.75 Å². The Bertz CT molecular complexity index is 851. The van der Waals surface area contributed by atoms with Gasteiger partial charge >= 0.3 is 5.97 Å². The van der Waals surface area contributed by atoms with Gasteiger partial charge in [0, 0.05) is 11.4 Å². The second-order valence-corrected chi connectivity index (χ2v) is 8.15. The molecule has 0 radical (unpaired) electrons. The van der Waals surface area contributed by atoms with E-state index in [1.54, 1.807) is 0 Å². The predicted molar refractivity (Wildman–Crippen MR) is 109 cm³/mol. The van der Waals surface area contributed by atoms with E-state index in [1.807, 2.05) is 32.0 Å². The number of carboxylic acid groups (broad SMARTS) is 1. The molecule has 2 atom stereocenters. The standard InChI is InChI=1S/C21H25N3O3S/c1-13-10-14(2)23-21(22-13)28-12-19(25)24-18(20(26)27)11-16-8-5-7-15-6-3-4-9-17(15)16/h3-4,6,9-10,16,18H,5,7-8,11-12H2,1-2H3,(H,24,25)(H,26,27). The highest BCUT2D eigenvalue weighted by Crippen LogP contribution is 2.34. The van der Waals surface area contributed by atoms with Crippen LogP contribution in [0.2, 0.25) is 0 Å². The molecule has 1 aromatic carbocycles. The lowest BCUT2D eigenvalue weighted by Gasteiger charge is -2.28. The summed E-state index contributed by atoms with van der Waals surface area (Å²) in [4.78, 5) is 32.7. The summed E-state index contributed by atoms with van der Waals surface area (Å²) in [5, 5.41) is 12.8. The molecule has 1 aliphatic rings. The maximum absolute atomic E-state index is 12.3. The van der Waals surface area contributed by atoms with Crippen molar-refractivity contribution in [3.8, 4) is 0 Å². The number of thioether (sulfide) groups is 1. The zero-order valence-electron chi connectivity index (χ0n) is 16.1. The molecular weight excluding hydrogens is 374 g/mol. The molecule has 28 heavy (non-hydrogen) atoms. The minimum atomic E-state index is -0.996. The fourth-order valence-electron chi connectivity index (χ4n) is 3.73. The highest BCUT2D eigenvalue weighted by Gasteiger charge is 2.28. The fourth-order valence-corrected chi connectivity index (χ4v) is 4.49. The van der Waals surface area contributed by atoms with Gasteiger partial charge in [-0.3, -0.25) is 4.79 Å². The second kappa shape index (κ2) is 9.19. The molecule has 0 aliphatic heterocycles. The van der Waals surface area contributed by atoms with Gasteiger partial charge in [-0.1, -0.05) is 36.0 Å². The first-order chi connectivity index (χ1) is 13.4. The first kappa shape index (κ1) is 20.3. The quantitative estimate of drug-likeness (QED) is 0.548. The zero-order valence-corrected chi connectivity index (χ0v) is 17.0. The second-order valence-electron chi connectivity index (χ2n) is 7.20. The zero-order chi connectivity index (χ0) is 20.1. The van der Waals surface area contributed by atoms with Crippen LogP contribution in [-0.4, -0.2) is 38.7 Å². The maximum atomic E-state index is 12.3. The van der Waals surface area contributed by atoms with Crippen LogP contribution in [0.5, 0.6) is 0 Å². The molecule has 1 aliphatic carbocycles. The van der Waals surface area contributed by atoms with Crippen LogP contribution >= 0.6 is 11.8 Å². The lowest BCUT2D eigenvalue weighted by Crippen LogP contribution is -2.42. The number of fused-ring (bicyclic) bond motifs is 1. The van der Waals surface area contributed by atoms with Crippen molar-refractivity contribution in [3.05, 3.63) is 52.8 Å². The van der Waals surface area contributed by atoms with Crippen molar-refractivity contribution < 1.29 is 14.7 Å². The van der Waals surface area contributed by atoms with Crippen LogP contribution < -0.4 is 5.32 Å². The first-order valence-electron chi connectivity index (χ1n) is 9.47. The number of hydrogen-bond acceptors (Lipinski definition) is 5. The van der Waals surface area contributed by atoms with E-state index >= 15 is 0 Å². The Morgan fingerprint density at radius 2 is 1.96 bits per heavy atom. The Morgan fingerprint density at radius 1 is 1.25 bits per heavy atom. The number of aryl methyl sites for hydroxylation is 3. The molecule has 1 amide bonds. The minimum Gasteiger partial charge on any atom is -0.480 e. The summed E-state index contributed by atoms with van der Waals surface area (Å²) in [5.74, 6) is -1.07. The molecule has 0 fully saturated rings. The number of aliphatic carboxylic acids is 1. The van der Waals surface area contributed by atoms with Crippen LogP contribution in [0.3, 0.4) is 0 Å². The van der Waals surface area contributed by atoms with E-state index in [9.17, 15) is 14.7 Å². The predicted octanol–water partition coefficient (Wildman–Crippen LogP) is 3.27. The number of hydrogen-bond donors (Lipinski definition) is 2. The van der Waals surface area contributed by atoms with Crippen molar-refractivity contribution in [3.63, 3.8) is 0 Å². The Morgan fingerprint density at radius 3 is 2.68 bits per heavy atom. The molecular formula is C21H25N3O3S. The number of carbonyl (C=O) groups is 2. The van der Waals surface area contributed by atoms with Crippen LogP contribution in [0, 0.1) is 13.8 Å². The molecule has 7 heteroatoms. The number of amides is 1. The number of carbonyl (C=O) groups excluding carboxylic acids is 1. The van der Waals surface area contributed by atoms with Gasteiger partial charge in [-0.2, -0.15) is 0 Å². The van der Waals surface area contributed by atoms with Gasteiger partial charge in [-0.05, 0) is 62.6 Å². The van der Waals surface area contributed by atoms with Crippen molar-refractivity contribution >= 4 is 23.6 Å². The van der Waals surface area contributed by atoms with Crippen molar-refractivity contribution in [2.24, 2.45) is 0 Å². The normalized spacial score (nSPS) is 16.9. The molecule has 0 saturated carbocycles. The third kappa shape index (κ3) is 5.32. The summed E-state index contributed by atoms with van der Waals surface area (Å²) in [5.41, 5.74) is 4.19. The summed E-state index contributed by atoms with van der Waals surface area (Å²) in [6.07, 6.45) is 3.43. The highest BCUT2D eigenvalue weighted by molar-refractivity contribution is 7.99. The van der Waals surface area contributed by atoms with Crippen LogP contribution in [0.25, 0.3) is 0 Å². The van der Waals surface area contributed by atoms with Crippen molar-refractivity contribution in [1.29, 1.82) is 0 Å². The summed E-state index contributed by atoms with van der Waals surface area (Å²) < 4.78 is 0. The molecule has 2 N–H and O–H groups in total. The molecule has 0 spiro atoms. The summed E-state index contributed by atoms with van der Waals surface area (Å²) >= 11 is 1.22.